The van der Waals surface area contributed by atoms with Gasteiger partial charge in [-0.05, 0) is 38.0 Å². The first-order chi connectivity index (χ1) is 12.7. The average molecular weight is 371 g/mol. The zero-order valence-corrected chi connectivity index (χ0v) is 16.2. The van der Waals surface area contributed by atoms with E-state index in [1.807, 2.05) is 30.0 Å². The number of guanidine groups is 1. The molecule has 26 heavy (non-hydrogen) atoms. The molecule has 6 heteroatoms. The topological polar surface area (TPSA) is 58.5 Å². The lowest BCUT2D eigenvalue weighted by Gasteiger charge is -2.18. The Hall–Kier alpha value is -2.21. The molecule has 0 saturated heterocycles. The predicted molar refractivity (Wildman–Crippen MR) is 108 cm³/mol. The van der Waals surface area contributed by atoms with Gasteiger partial charge in [0, 0.05) is 28.8 Å². The van der Waals surface area contributed by atoms with Gasteiger partial charge in [0.15, 0.2) is 5.96 Å². The lowest BCUT2D eigenvalue weighted by atomic mass is 10.3. The lowest BCUT2D eigenvalue weighted by Crippen LogP contribution is -2.41. The van der Waals surface area contributed by atoms with Gasteiger partial charge in [-0.3, -0.25) is 0 Å². The lowest BCUT2D eigenvalue weighted by molar-refractivity contribution is 0.396. The zero-order chi connectivity index (χ0) is 18.2. The summed E-state index contributed by atoms with van der Waals surface area (Å²) in [5.41, 5.74) is 0.890. The van der Waals surface area contributed by atoms with Crippen LogP contribution in [0.25, 0.3) is 0 Å². The summed E-state index contributed by atoms with van der Waals surface area (Å²) in [4.78, 5) is 10.4. The van der Waals surface area contributed by atoms with Crippen molar-refractivity contribution < 1.29 is 4.74 Å². The highest BCUT2D eigenvalue weighted by atomic mass is 32.2. The van der Waals surface area contributed by atoms with Gasteiger partial charge in [-0.2, -0.15) is 0 Å². The largest absolute Gasteiger partial charge is 0.481 e. The number of pyridine rings is 1. The smallest absolute Gasteiger partial charge is 0.213 e. The number of aliphatic imine (C=N–C) groups is 1. The highest BCUT2D eigenvalue weighted by Gasteiger charge is 2.43. The van der Waals surface area contributed by atoms with E-state index in [1.54, 1.807) is 7.11 Å². The second-order valence-electron chi connectivity index (χ2n) is 6.32. The van der Waals surface area contributed by atoms with Gasteiger partial charge in [-0.25, -0.2) is 9.98 Å². The molecule has 1 aliphatic carbocycles. The van der Waals surface area contributed by atoms with Crippen molar-refractivity contribution in [2.75, 3.05) is 20.2 Å². The van der Waals surface area contributed by atoms with E-state index in [0.717, 1.165) is 24.7 Å². The highest BCUT2D eigenvalue weighted by Crippen LogP contribution is 2.51. The van der Waals surface area contributed by atoms with Gasteiger partial charge in [-0.15, -0.1) is 11.8 Å². The molecule has 0 unspecified atom stereocenters. The zero-order valence-electron chi connectivity index (χ0n) is 15.4. The fourth-order valence-electron chi connectivity index (χ4n) is 2.60. The Morgan fingerprint density at radius 3 is 2.65 bits per heavy atom. The fourth-order valence-corrected chi connectivity index (χ4v) is 3.84. The third kappa shape index (κ3) is 5.39. The number of aromatic nitrogens is 1. The Kier molecular flexibility index (Phi) is 6.39. The molecule has 1 aromatic heterocycles. The van der Waals surface area contributed by atoms with Crippen molar-refractivity contribution >= 4 is 17.7 Å². The minimum absolute atomic E-state index is 0.283. The van der Waals surface area contributed by atoms with Crippen LogP contribution in [-0.2, 0) is 6.54 Å². The van der Waals surface area contributed by atoms with E-state index in [-0.39, 0.29) is 4.75 Å². The van der Waals surface area contributed by atoms with Crippen LogP contribution >= 0.6 is 11.8 Å². The second kappa shape index (κ2) is 8.94. The van der Waals surface area contributed by atoms with E-state index in [1.165, 1.54) is 17.7 Å². The molecular formula is C20H26N4OS. The van der Waals surface area contributed by atoms with Gasteiger partial charge in [0.2, 0.25) is 5.88 Å². The third-order valence-corrected chi connectivity index (χ3v) is 5.69. The van der Waals surface area contributed by atoms with E-state index in [2.05, 4.69) is 57.9 Å². The first-order valence-corrected chi connectivity index (χ1v) is 9.81. The number of hydrogen-bond acceptors (Lipinski definition) is 4. The number of hydrogen-bond donors (Lipinski definition) is 2. The number of thioether (sulfide) groups is 1. The molecule has 1 fully saturated rings. The van der Waals surface area contributed by atoms with Crippen molar-refractivity contribution in [3.63, 3.8) is 0 Å². The van der Waals surface area contributed by atoms with E-state index in [9.17, 15) is 0 Å². The molecule has 1 aliphatic rings. The molecule has 1 saturated carbocycles. The van der Waals surface area contributed by atoms with Crippen LogP contribution in [0.1, 0.15) is 25.5 Å². The molecule has 5 nitrogen and oxygen atoms in total. The highest BCUT2D eigenvalue weighted by molar-refractivity contribution is 8.01. The summed E-state index contributed by atoms with van der Waals surface area (Å²) >= 11 is 1.96. The van der Waals surface area contributed by atoms with Crippen molar-refractivity contribution in [3.8, 4) is 5.88 Å². The maximum absolute atomic E-state index is 5.17. The Balaban J connectivity index is 1.57. The Labute approximate surface area is 159 Å². The van der Waals surface area contributed by atoms with Crippen LogP contribution in [0.4, 0.5) is 0 Å². The maximum atomic E-state index is 5.17. The molecule has 3 rings (SSSR count). The summed E-state index contributed by atoms with van der Waals surface area (Å²) in [5.74, 6) is 1.45. The predicted octanol–water partition coefficient (Wildman–Crippen LogP) is 3.47. The Morgan fingerprint density at radius 2 is 1.96 bits per heavy atom. The minimum Gasteiger partial charge on any atom is -0.481 e. The summed E-state index contributed by atoms with van der Waals surface area (Å²) in [6.07, 6.45) is 2.47. The number of nitrogens with zero attached hydrogens (tertiary/aromatic N) is 2. The maximum Gasteiger partial charge on any atom is 0.213 e. The molecular weight excluding hydrogens is 344 g/mol. The minimum atomic E-state index is 0.283. The number of nitrogens with one attached hydrogen (secondary N) is 2. The molecule has 0 bridgehead atoms. The third-order valence-electron chi connectivity index (χ3n) is 4.20. The van der Waals surface area contributed by atoms with Crippen LogP contribution in [-0.4, -0.2) is 35.9 Å². The summed E-state index contributed by atoms with van der Waals surface area (Å²) in [6.45, 7) is 4.33. The first kappa shape index (κ1) is 18.6. The Bertz CT molecular complexity index is 732. The molecule has 0 amide bonds. The molecule has 1 heterocycles. The number of methoxy groups -OCH3 is 1. The number of rotatable bonds is 8. The quantitative estimate of drug-likeness (QED) is 0.550. The number of benzene rings is 1. The van der Waals surface area contributed by atoms with Gasteiger partial charge in [0.1, 0.15) is 0 Å². The SMILES string of the molecule is CCNC(=NCc1cccc(OC)n1)NCC1(Sc2ccccc2)CC1. The van der Waals surface area contributed by atoms with Crippen LogP contribution in [0.5, 0.6) is 5.88 Å². The molecule has 2 aromatic rings. The fraction of sp³-hybridized carbons (Fsp3) is 0.400. The summed E-state index contributed by atoms with van der Waals surface area (Å²) in [7, 11) is 1.63. The molecule has 0 spiro atoms. The van der Waals surface area contributed by atoms with E-state index in [4.69, 9.17) is 4.74 Å². The van der Waals surface area contributed by atoms with Gasteiger partial charge >= 0.3 is 0 Å². The molecule has 0 aliphatic heterocycles. The van der Waals surface area contributed by atoms with E-state index >= 15 is 0 Å². The van der Waals surface area contributed by atoms with Crippen LogP contribution in [0.15, 0.2) is 58.4 Å². The number of ether oxygens (including phenoxy) is 1. The van der Waals surface area contributed by atoms with Gasteiger partial charge in [0.05, 0.1) is 19.3 Å². The van der Waals surface area contributed by atoms with Crippen molar-refractivity contribution in [1.29, 1.82) is 0 Å². The van der Waals surface area contributed by atoms with Crippen LogP contribution in [0.2, 0.25) is 0 Å². The molecule has 0 atom stereocenters. The molecule has 2 N–H and O–H groups in total. The molecule has 0 radical (unpaired) electrons. The van der Waals surface area contributed by atoms with Crippen molar-refractivity contribution in [3.05, 3.63) is 54.2 Å². The second-order valence-corrected chi connectivity index (χ2v) is 7.86. The van der Waals surface area contributed by atoms with E-state index in [0.29, 0.717) is 12.4 Å². The van der Waals surface area contributed by atoms with Crippen molar-refractivity contribution in [2.45, 2.75) is 36.0 Å². The van der Waals surface area contributed by atoms with Gasteiger partial charge in [-0.1, -0.05) is 24.3 Å². The van der Waals surface area contributed by atoms with Crippen molar-refractivity contribution in [1.82, 2.24) is 15.6 Å². The molecule has 138 valence electrons. The summed E-state index contributed by atoms with van der Waals surface area (Å²) in [6, 6.07) is 16.3. The summed E-state index contributed by atoms with van der Waals surface area (Å²) in [5, 5.41) is 6.82. The van der Waals surface area contributed by atoms with Crippen LogP contribution in [0, 0.1) is 0 Å². The monoisotopic (exact) mass is 370 g/mol. The van der Waals surface area contributed by atoms with Gasteiger partial charge < -0.3 is 15.4 Å². The molecule has 1 aromatic carbocycles. The Morgan fingerprint density at radius 1 is 1.15 bits per heavy atom. The van der Waals surface area contributed by atoms with Gasteiger partial charge in [0.25, 0.3) is 0 Å². The van der Waals surface area contributed by atoms with Crippen molar-refractivity contribution in [2.24, 2.45) is 4.99 Å². The normalized spacial score (nSPS) is 15.4. The average Bonchev–Trinajstić information content (AvgIpc) is 3.44. The van der Waals surface area contributed by atoms with Crippen LogP contribution in [0.3, 0.4) is 0 Å². The van der Waals surface area contributed by atoms with Crippen LogP contribution < -0.4 is 15.4 Å². The van der Waals surface area contributed by atoms with E-state index < -0.39 is 0 Å². The first-order valence-electron chi connectivity index (χ1n) is 8.99. The summed E-state index contributed by atoms with van der Waals surface area (Å²) < 4.78 is 5.46. The standard InChI is InChI=1S/C20H26N4OS/c1-3-21-19(22-14-16-8-7-11-18(24-16)25-2)23-15-20(12-13-20)26-17-9-5-4-6-10-17/h4-11H,3,12-15H2,1-2H3,(H2,21,22,23).